The highest BCUT2D eigenvalue weighted by molar-refractivity contribution is 6.23. The maximum absolute atomic E-state index is 13.6. The summed E-state index contributed by atoms with van der Waals surface area (Å²) in [7, 11) is 0. The van der Waals surface area contributed by atoms with Crippen molar-refractivity contribution < 1.29 is 47.5 Å². The summed E-state index contributed by atoms with van der Waals surface area (Å²) < 4.78 is 49.6. The van der Waals surface area contributed by atoms with Crippen LogP contribution in [0.25, 0.3) is 32.3 Å². The number of benzene rings is 6. The van der Waals surface area contributed by atoms with Gasteiger partial charge >= 0.3 is 11.9 Å². The highest BCUT2D eigenvalue weighted by atomic mass is 16.7. The number of carbonyl (C=O) groups excluding carboxylic acids is 2. The molecule has 0 amide bonds. The van der Waals surface area contributed by atoms with Gasteiger partial charge in [-0.15, -0.1) is 0 Å². The summed E-state index contributed by atoms with van der Waals surface area (Å²) in [6.45, 7) is 11.3. The molecule has 76 heavy (non-hydrogen) atoms. The molecule has 0 radical (unpaired) electrons. The molecule has 8 rings (SSSR count). The minimum absolute atomic E-state index is 0.235. The molecule has 2 heterocycles. The number of fused-ring (bicyclic) bond motifs is 5. The molecule has 0 spiro atoms. The lowest BCUT2D eigenvalue weighted by atomic mass is 9.88. The summed E-state index contributed by atoms with van der Waals surface area (Å²) in [5, 5.41) is 6.72. The summed E-state index contributed by atoms with van der Waals surface area (Å²) in [5.41, 5.74) is 5.07. The third-order valence-corrected chi connectivity index (χ3v) is 15.0. The largest absolute Gasteiger partial charge is 0.489 e. The molecule has 0 aromatic heterocycles. The Bertz CT molecular complexity index is 2620. The van der Waals surface area contributed by atoms with Gasteiger partial charge in [0.15, 0.2) is 12.6 Å². The van der Waals surface area contributed by atoms with E-state index in [9.17, 15) is 9.59 Å². The molecule has 0 saturated carbocycles. The smallest absolute Gasteiger partial charge is 0.338 e. The molecule has 2 aliphatic rings. The lowest BCUT2D eigenvalue weighted by molar-refractivity contribution is -0.106. The van der Waals surface area contributed by atoms with Crippen LogP contribution in [-0.4, -0.2) is 50.9 Å². The van der Waals surface area contributed by atoms with E-state index in [0.717, 1.165) is 126 Å². The van der Waals surface area contributed by atoms with Crippen molar-refractivity contribution in [2.45, 2.75) is 195 Å². The summed E-state index contributed by atoms with van der Waals surface area (Å²) in [6.07, 6.45) is 23.5. The Labute approximate surface area is 452 Å². The summed E-state index contributed by atoms with van der Waals surface area (Å²) in [6, 6.07) is 28.0. The van der Waals surface area contributed by atoms with Gasteiger partial charge in [0.05, 0.1) is 37.6 Å². The van der Waals surface area contributed by atoms with E-state index in [2.05, 4.69) is 76.2 Å². The summed E-state index contributed by atoms with van der Waals surface area (Å²) in [5.74, 6) is 1.25. The Kier molecular flexibility index (Phi) is 22.0. The SMILES string of the molecule is CCCCCCCCCCOC(=O)c1cc(OCc2cc3cc(COc4cc(OC5CCCCO5)cc(C(=O)OCCCCCCCCCC)c4)c4cccc(C)c4c3c3c(C)cccc23)cc(OC2CCCCO2)c1. The number of carbonyl (C=O) groups is 2. The highest BCUT2D eigenvalue weighted by Crippen LogP contribution is 2.40. The molecule has 6 aromatic carbocycles. The van der Waals surface area contributed by atoms with Crippen LogP contribution in [0.1, 0.15) is 198 Å². The Balaban J connectivity index is 1.04. The average Bonchev–Trinajstić information content (AvgIpc) is 3.44. The second-order valence-corrected chi connectivity index (χ2v) is 21.2. The molecule has 0 bridgehead atoms. The highest BCUT2D eigenvalue weighted by Gasteiger charge is 2.22. The molecule has 2 atom stereocenters. The van der Waals surface area contributed by atoms with Crippen molar-refractivity contribution in [2.75, 3.05) is 26.4 Å². The van der Waals surface area contributed by atoms with Crippen LogP contribution in [-0.2, 0) is 32.2 Å². The van der Waals surface area contributed by atoms with Gasteiger partial charge in [0.1, 0.15) is 36.2 Å². The third-order valence-electron chi connectivity index (χ3n) is 15.0. The first-order valence-corrected chi connectivity index (χ1v) is 29.1. The van der Waals surface area contributed by atoms with E-state index in [1.54, 1.807) is 24.3 Å². The number of hydrogen-bond donors (Lipinski definition) is 0. The van der Waals surface area contributed by atoms with Gasteiger partial charge < -0.3 is 37.9 Å². The van der Waals surface area contributed by atoms with Crippen LogP contribution >= 0.6 is 0 Å². The Hall–Kier alpha value is -5.84. The van der Waals surface area contributed by atoms with Crippen molar-refractivity contribution in [3.63, 3.8) is 0 Å². The maximum atomic E-state index is 13.6. The van der Waals surface area contributed by atoms with Gasteiger partial charge in [0, 0.05) is 25.0 Å². The van der Waals surface area contributed by atoms with Gasteiger partial charge in [-0.3, -0.25) is 0 Å². The zero-order valence-corrected chi connectivity index (χ0v) is 46.1. The predicted molar refractivity (Wildman–Crippen MR) is 304 cm³/mol. The fourth-order valence-electron chi connectivity index (χ4n) is 10.8. The molecule has 2 fully saturated rings. The first kappa shape index (κ1) is 56.4. The van der Waals surface area contributed by atoms with Crippen molar-refractivity contribution in [3.05, 3.63) is 118 Å². The van der Waals surface area contributed by atoms with Crippen molar-refractivity contribution >= 4 is 44.3 Å². The monoisotopic (exact) mass is 1040 g/mol. The van der Waals surface area contributed by atoms with Crippen molar-refractivity contribution in [1.29, 1.82) is 0 Å². The first-order valence-electron chi connectivity index (χ1n) is 29.1. The fraction of sp³-hybridized carbons (Fsp3) is 0.515. The normalized spacial score (nSPS) is 15.7. The van der Waals surface area contributed by atoms with Gasteiger partial charge in [-0.1, -0.05) is 140 Å². The average molecular weight is 1040 g/mol. The van der Waals surface area contributed by atoms with Gasteiger partial charge in [-0.05, 0) is 143 Å². The molecule has 2 aliphatic heterocycles. The lowest BCUT2D eigenvalue weighted by Gasteiger charge is -2.24. The molecule has 408 valence electrons. The minimum atomic E-state index is -0.394. The van der Waals surface area contributed by atoms with E-state index in [1.807, 2.05) is 12.1 Å². The molecule has 6 aromatic rings. The van der Waals surface area contributed by atoms with Gasteiger partial charge in [0.2, 0.25) is 0 Å². The van der Waals surface area contributed by atoms with Crippen LogP contribution in [0.2, 0.25) is 0 Å². The van der Waals surface area contributed by atoms with E-state index in [1.165, 1.54) is 69.6 Å². The van der Waals surface area contributed by atoms with Gasteiger partial charge in [-0.2, -0.15) is 0 Å². The zero-order chi connectivity index (χ0) is 52.9. The first-order chi connectivity index (χ1) is 37.3. The van der Waals surface area contributed by atoms with E-state index < -0.39 is 24.5 Å². The summed E-state index contributed by atoms with van der Waals surface area (Å²) in [4.78, 5) is 27.3. The standard InChI is InChI=1S/C66H84O10/c1-5-7-9-11-13-15-17-21-35-71-65(67)50-39-54(43-56(41-50)75-60-31-19-23-33-69-60)73-45-52-37-49-38-53(59-30-26-28-48(4)63(59)64(49)62-47(3)27-25-29-58(52)62)46-74-55-40-51(42-57(44-55)76-61-32-20-24-34-70-61)66(68)72-36-22-18-16-14-12-10-8-6-2/h25-30,37-44,60-61H,5-24,31-36,45-46H2,1-4H3. The topological polar surface area (TPSA) is 108 Å². The van der Waals surface area contributed by atoms with Gasteiger partial charge in [0.25, 0.3) is 0 Å². The quantitative estimate of drug-likeness (QED) is 0.0246. The van der Waals surface area contributed by atoms with Crippen LogP contribution in [0.4, 0.5) is 0 Å². The summed E-state index contributed by atoms with van der Waals surface area (Å²) >= 11 is 0. The number of aryl methyl sites for hydroxylation is 2. The van der Waals surface area contributed by atoms with Crippen LogP contribution in [0.5, 0.6) is 23.0 Å². The lowest BCUT2D eigenvalue weighted by Crippen LogP contribution is -2.25. The number of ether oxygens (including phenoxy) is 8. The maximum Gasteiger partial charge on any atom is 0.338 e. The van der Waals surface area contributed by atoms with Crippen LogP contribution in [0.15, 0.2) is 84.9 Å². The fourth-order valence-corrected chi connectivity index (χ4v) is 10.8. The number of hydrogen-bond acceptors (Lipinski definition) is 10. The second kappa shape index (κ2) is 29.6. The Morgan fingerprint density at radius 2 is 0.882 bits per heavy atom. The van der Waals surface area contributed by atoms with E-state index >= 15 is 0 Å². The Morgan fingerprint density at radius 3 is 1.29 bits per heavy atom. The molecular weight excluding hydrogens is 953 g/mol. The van der Waals surface area contributed by atoms with Crippen molar-refractivity contribution in [1.82, 2.24) is 0 Å². The molecule has 0 aliphatic carbocycles. The zero-order valence-electron chi connectivity index (χ0n) is 46.1. The third kappa shape index (κ3) is 16.1. The predicted octanol–water partition coefficient (Wildman–Crippen LogP) is 17.3. The van der Waals surface area contributed by atoms with E-state index in [4.69, 9.17) is 37.9 Å². The van der Waals surface area contributed by atoms with E-state index in [0.29, 0.717) is 60.6 Å². The number of unbranched alkanes of at least 4 members (excludes halogenated alkanes) is 14. The van der Waals surface area contributed by atoms with Gasteiger partial charge in [-0.25, -0.2) is 9.59 Å². The second-order valence-electron chi connectivity index (χ2n) is 21.2. The van der Waals surface area contributed by atoms with Crippen LogP contribution in [0, 0.1) is 13.8 Å². The Morgan fingerprint density at radius 1 is 0.474 bits per heavy atom. The van der Waals surface area contributed by atoms with Crippen molar-refractivity contribution in [3.8, 4) is 23.0 Å². The van der Waals surface area contributed by atoms with Crippen LogP contribution < -0.4 is 18.9 Å². The molecule has 0 N–H and O–H groups in total. The molecule has 2 unspecified atom stereocenters. The minimum Gasteiger partial charge on any atom is -0.489 e. The molecule has 10 heteroatoms. The molecule has 2 saturated heterocycles. The molecular formula is C66H84O10. The number of esters is 2. The van der Waals surface area contributed by atoms with Crippen LogP contribution in [0.3, 0.4) is 0 Å². The number of rotatable bonds is 30. The molecule has 10 nitrogen and oxygen atoms in total. The van der Waals surface area contributed by atoms with Crippen molar-refractivity contribution in [2.24, 2.45) is 0 Å². The van der Waals surface area contributed by atoms with E-state index in [-0.39, 0.29) is 13.2 Å².